The van der Waals surface area contributed by atoms with E-state index < -0.39 is 76.6 Å². The highest BCUT2D eigenvalue weighted by Gasteiger charge is 2.54. The number of phosphoric ester groups is 1. The Kier molecular flexibility index (Phi) is 11.5. The van der Waals surface area contributed by atoms with Crippen molar-refractivity contribution in [1.82, 2.24) is 19.5 Å². The second-order valence-corrected chi connectivity index (χ2v) is 11.4. The molecular formula is C23H36N5O14P. The van der Waals surface area contributed by atoms with E-state index in [9.17, 15) is 24.4 Å². The molecule has 1 saturated heterocycles. The average molecular weight is 638 g/mol. The van der Waals surface area contributed by atoms with Gasteiger partial charge in [0.1, 0.15) is 17.8 Å². The van der Waals surface area contributed by atoms with Gasteiger partial charge in [-0.15, -0.1) is 0 Å². The third-order valence-corrected chi connectivity index (χ3v) is 6.84. The Balaban J connectivity index is 1.74. The molecule has 0 unspecified atom stereocenters. The Hall–Kier alpha value is -3.32. The first-order valence-corrected chi connectivity index (χ1v) is 14.5. The summed E-state index contributed by atoms with van der Waals surface area (Å²) in [4.78, 5) is 35.7. The maximum Gasteiger partial charge on any atom is 0.510 e. The molecule has 2 aromatic rings. The van der Waals surface area contributed by atoms with Crippen LogP contribution in [-0.2, 0) is 41.8 Å². The second kappa shape index (κ2) is 14.4. The standard InChI is InChI=1S/C23H36N5O14P/c1-7-34-18-15-17(26-20(24)27-18)28(9-25-15)19-23(6,32)16(29)14(42-19)8-37-43(33,38-10-35-21(30)40-12(2)3)39-11-36-22(31)41-13(4)5/h9,12-14,16,19,29,32H,7-8,10-11H2,1-6H3,(H2,24,26,27)/t14-,16-,19-,23-/m1/s1. The zero-order valence-electron chi connectivity index (χ0n) is 24.4. The molecule has 4 atom stereocenters. The number of ether oxygens (including phenoxy) is 6. The quantitative estimate of drug-likeness (QED) is 0.152. The summed E-state index contributed by atoms with van der Waals surface area (Å²) in [7, 11) is -4.67. The molecule has 1 aliphatic heterocycles. The Bertz CT molecular complexity index is 1270. The van der Waals surface area contributed by atoms with Gasteiger partial charge in [0.15, 0.2) is 17.4 Å². The predicted molar refractivity (Wildman–Crippen MR) is 142 cm³/mol. The number of rotatable bonds is 14. The number of nitrogen functional groups attached to an aromatic ring is 1. The number of anilines is 1. The number of carbonyl (C=O) groups is 2. The normalized spacial score (nSPS) is 22.2. The Morgan fingerprint density at radius 1 is 1.09 bits per heavy atom. The third kappa shape index (κ3) is 8.85. The van der Waals surface area contributed by atoms with Crippen molar-refractivity contribution in [2.75, 3.05) is 32.5 Å². The van der Waals surface area contributed by atoms with Gasteiger partial charge in [0, 0.05) is 0 Å². The first-order chi connectivity index (χ1) is 20.2. The zero-order valence-corrected chi connectivity index (χ0v) is 25.3. The summed E-state index contributed by atoms with van der Waals surface area (Å²) >= 11 is 0. The van der Waals surface area contributed by atoms with Crippen molar-refractivity contribution in [2.45, 2.75) is 77.8 Å². The van der Waals surface area contributed by atoms with E-state index in [2.05, 4.69) is 24.4 Å². The van der Waals surface area contributed by atoms with E-state index in [1.54, 1.807) is 34.6 Å². The van der Waals surface area contributed by atoms with Gasteiger partial charge in [-0.05, 0) is 41.5 Å². The Morgan fingerprint density at radius 2 is 1.67 bits per heavy atom. The number of phosphoric acid groups is 1. The van der Waals surface area contributed by atoms with Crippen LogP contribution in [0.1, 0.15) is 47.8 Å². The van der Waals surface area contributed by atoms with E-state index in [1.807, 2.05) is 0 Å². The fraction of sp³-hybridized carbons (Fsp3) is 0.696. The predicted octanol–water partition coefficient (Wildman–Crippen LogP) is 2.01. The number of hydrogen-bond donors (Lipinski definition) is 3. The van der Waals surface area contributed by atoms with Crippen LogP contribution in [0.15, 0.2) is 6.33 Å². The molecule has 43 heavy (non-hydrogen) atoms. The number of nitrogens with two attached hydrogens (primary N) is 1. The van der Waals surface area contributed by atoms with Crippen LogP contribution in [0.4, 0.5) is 15.5 Å². The highest BCUT2D eigenvalue weighted by molar-refractivity contribution is 7.48. The molecule has 1 fully saturated rings. The lowest BCUT2D eigenvalue weighted by Crippen LogP contribution is -2.44. The van der Waals surface area contributed by atoms with Gasteiger partial charge in [0.2, 0.25) is 25.4 Å². The van der Waals surface area contributed by atoms with E-state index in [1.165, 1.54) is 17.8 Å². The van der Waals surface area contributed by atoms with Gasteiger partial charge in [0.25, 0.3) is 0 Å². The fourth-order valence-electron chi connectivity index (χ4n) is 3.70. The molecule has 0 spiro atoms. The summed E-state index contributed by atoms with van der Waals surface area (Å²) in [5.41, 5.74) is 4.21. The zero-order chi connectivity index (χ0) is 31.9. The number of nitrogens with zero attached hydrogens (tertiary/aromatic N) is 4. The number of hydrogen-bond acceptors (Lipinski definition) is 18. The lowest BCUT2D eigenvalue weighted by atomic mass is 9.96. The third-order valence-electron chi connectivity index (χ3n) is 5.53. The summed E-state index contributed by atoms with van der Waals surface area (Å²) in [6, 6.07) is 0. The first-order valence-electron chi connectivity index (χ1n) is 13.1. The summed E-state index contributed by atoms with van der Waals surface area (Å²) < 4.78 is 60.1. The monoisotopic (exact) mass is 637 g/mol. The van der Waals surface area contributed by atoms with Gasteiger partial charge >= 0.3 is 20.1 Å². The SMILES string of the molecule is CCOc1nc(N)nc2c1ncn2[C@@H]1O[C@H](COP(=O)(OCOC(=O)OC(C)C)OCOC(=O)OC(C)C)[C@@H](O)[C@@]1(C)O. The highest BCUT2D eigenvalue weighted by atomic mass is 31.2. The van der Waals surface area contributed by atoms with E-state index in [0.717, 1.165) is 0 Å². The second-order valence-electron chi connectivity index (χ2n) is 9.70. The Labute approximate surface area is 246 Å². The number of carbonyl (C=O) groups excluding carboxylic acids is 2. The highest BCUT2D eigenvalue weighted by Crippen LogP contribution is 2.51. The van der Waals surface area contributed by atoms with Gasteiger partial charge in [-0.25, -0.2) is 28.2 Å². The van der Waals surface area contributed by atoms with Gasteiger partial charge in [-0.1, -0.05) is 0 Å². The molecule has 3 rings (SSSR count). The van der Waals surface area contributed by atoms with Crippen LogP contribution in [-0.4, -0.2) is 98.9 Å². The van der Waals surface area contributed by atoms with Crippen molar-refractivity contribution in [1.29, 1.82) is 0 Å². The van der Waals surface area contributed by atoms with Crippen LogP contribution in [0.5, 0.6) is 5.88 Å². The van der Waals surface area contributed by atoms with Gasteiger partial charge in [0.05, 0.1) is 31.7 Å². The molecule has 242 valence electrons. The van der Waals surface area contributed by atoms with Crippen molar-refractivity contribution in [3.05, 3.63) is 6.33 Å². The van der Waals surface area contributed by atoms with Crippen molar-refractivity contribution in [3.8, 4) is 5.88 Å². The maximum absolute atomic E-state index is 13.3. The molecule has 20 heteroatoms. The molecule has 4 N–H and O–H groups in total. The van der Waals surface area contributed by atoms with Crippen molar-refractivity contribution < 1.29 is 66.4 Å². The van der Waals surface area contributed by atoms with E-state index in [4.69, 9.17) is 38.3 Å². The van der Waals surface area contributed by atoms with E-state index in [0.29, 0.717) is 0 Å². The molecule has 1 aliphatic rings. The van der Waals surface area contributed by atoms with Crippen molar-refractivity contribution in [2.24, 2.45) is 0 Å². The van der Waals surface area contributed by atoms with Gasteiger partial charge < -0.3 is 44.4 Å². The van der Waals surface area contributed by atoms with Crippen LogP contribution in [0.2, 0.25) is 0 Å². The molecule has 0 amide bonds. The number of aliphatic hydroxyl groups is 2. The molecule has 0 bridgehead atoms. The lowest BCUT2D eigenvalue weighted by Gasteiger charge is -2.27. The van der Waals surface area contributed by atoms with Crippen LogP contribution in [0.3, 0.4) is 0 Å². The summed E-state index contributed by atoms with van der Waals surface area (Å²) in [5, 5.41) is 22.1. The lowest BCUT2D eigenvalue weighted by molar-refractivity contribution is -0.0955. The van der Waals surface area contributed by atoms with Crippen LogP contribution in [0.25, 0.3) is 11.2 Å². The molecular weight excluding hydrogens is 601 g/mol. The van der Waals surface area contributed by atoms with Crippen LogP contribution in [0, 0.1) is 0 Å². The number of aromatic nitrogens is 4. The first kappa shape index (κ1) is 34.2. The number of fused-ring (bicyclic) bond motifs is 1. The summed E-state index contributed by atoms with van der Waals surface area (Å²) in [5.74, 6) is -0.0268. The maximum atomic E-state index is 13.3. The van der Waals surface area contributed by atoms with Crippen molar-refractivity contribution >= 4 is 37.2 Å². The van der Waals surface area contributed by atoms with Crippen LogP contribution >= 0.6 is 7.82 Å². The molecule has 0 saturated carbocycles. The molecule has 0 aliphatic carbocycles. The molecule has 3 heterocycles. The number of imidazole rings is 1. The van der Waals surface area contributed by atoms with Crippen LogP contribution < -0.4 is 10.5 Å². The minimum Gasteiger partial charge on any atom is -0.476 e. The average Bonchev–Trinajstić information content (AvgIpc) is 3.40. The van der Waals surface area contributed by atoms with E-state index in [-0.39, 0.29) is 29.6 Å². The molecule has 19 nitrogen and oxygen atoms in total. The van der Waals surface area contributed by atoms with Gasteiger partial charge in [-0.3, -0.25) is 9.09 Å². The number of aliphatic hydroxyl groups excluding tert-OH is 1. The largest absolute Gasteiger partial charge is 0.510 e. The minimum absolute atomic E-state index is 0.107. The summed E-state index contributed by atoms with van der Waals surface area (Å²) in [6.07, 6.45) is -6.23. The van der Waals surface area contributed by atoms with E-state index >= 15 is 0 Å². The fourth-order valence-corrected chi connectivity index (χ4v) is 4.62. The Morgan fingerprint density at radius 3 is 2.21 bits per heavy atom. The smallest absolute Gasteiger partial charge is 0.476 e. The summed E-state index contributed by atoms with van der Waals surface area (Å²) in [6.45, 7) is 7.03. The van der Waals surface area contributed by atoms with Crippen molar-refractivity contribution in [3.63, 3.8) is 0 Å². The topological polar surface area (TPSA) is 244 Å². The molecule has 0 aromatic carbocycles. The van der Waals surface area contributed by atoms with Gasteiger partial charge in [-0.2, -0.15) is 9.97 Å². The molecule has 2 aromatic heterocycles. The molecule has 0 radical (unpaired) electrons. The minimum atomic E-state index is -4.67.